The average Bonchev–Trinajstić information content (AvgIpc) is 2.46. The van der Waals surface area contributed by atoms with Crippen LogP contribution >= 0.6 is 0 Å². The molecule has 0 aliphatic carbocycles. The van der Waals surface area contributed by atoms with Crippen LogP contribution in [0.1, 0.15) is 71.1 Å². The van der Waals surface area contributed by atoms with Gasteiger partial charge in [-0.25, -0.2) is 0 Å². The quantitative estimate of drug-likeness (QED) is 0.253. The molecule has 0 rings (SSSR count). The zero-order chi connectivity index (χ0) is 18.9. The monoisotopic (exact) mass is 406 g/mol. The molecular weight excluding hydrogens is 368 g/mol. The van der Waals surface area contributed by atoms with Gasteiger partial charge in [0.05, 0.1) is 11.5 Å². The highest BCUT2D eigenvalue weighted by molar-refractivity contribution is 7.86. The van der Waals surface area contributed by atoms with Gasteiger partial charge in [0.15, 0.2) is 0 Å². The van der Waals surface area contributed by atoms with E-state index in [0.717, 1.165) is 12.8 Å². The summed E-state index contributed by atoms with van der Waals surface area (Å²) in [6.07, 6.45) is 11.7. The Balaban J connectivity index is -0.000000457. The predicted octanol–water partition coefficient (Wildman–Crippen LogP) is 3.05. The Labute approximate surface area is 154 Å². The average molecular weight is 407 g/mol. The maximum Gasteiger partial charge on any atom is 0.266 e. The van der Waals surface area contributed by atoms with E-state index < -0.39 is 20.2 Å². The van der Waals surface area contributed by atoms with Crippen LogP contribution in [0.4, 0.5) is 0 Å². The Bertz CT molecular complexity index is 466. The Morgan fingerprint density at radius 2 is 1.04 bits per heavy atom. The maximum atomic E-state index is 10.4. The van der Waals surface area contributed by atoms with Crippen LogP contribution < -0.4 is 11.5 Å². The van der Waals surface area contributed by atoms with Gasteiger partial charge in [-0.1, -0.05) is 64.7 Å². The molecular formula is C15H38N2O6S2. The summed E-state index contributed by atoms with van der Waals surface area (Å²) >= 11 is 0. The standard InChI is InChI=1S/C12H26O3S.C3H9NO3S.H3N/c1-2-3-4-5-6-7-8-9-10-11-12-16(13,14)15;1-4-2-3-8(5,6)7;/h2-12H2,1H3,(H,13,14,15);4H,2-3H2,1H3,(H,5,6,7);1H3. The van der Waals surface area contributed by atoms with E-state index in [0.29, 0.717) is 13.0 Å². The highest BCUT2D eigenvalue weighted by Crippen LogP contribution is 2.10. The zero-order valence-electron chi connectivity index (χ0n) is 15.7. The third-order valence-corrected chi connectivity index (χ3v) is 4.89. The maximum absolute atomic E-state index is 10.4. The van der Waals surface area contributed by atoms with E-state index in [9.17, 15) is 16.8 Å². The molecule has 0 aliphatic rings. The zero-order valence-corrected chi connectivity index (χ0v) is 17.4. The van der Waals surface area contributed by atoms with Gasteiger partial charge in [0.1, 0.15) is 0 Å². The molecule has 0 spiro atoms. The van der Waals surface area contributed by atoms with Crippen LogP contribution in [0.3, 0.4) is 0 Å². The van der Waals surface area contributed by atoms with E-state index in [1.807, 2.05) is 0 Å². The second-order valence-corrected chi connectivity index (χ2v) is 9.00. The van der Waals surface area contributed by atoms with Gasteiger partial charge in [-0.2, -0.15) is 16.8 Å². The van der Waals surface area contributed by atoms with Crippen molar-refractivity contribution in [3.63, 3.8) is 0 Å². The van der Waals surface area contributed by atoms with E-state index >= 15 is 0 Å². The lowest BCUT2D eigenvalue weighted by Gasteiger charge is -2.01. The molecule has 6 N–H and O–H groups in total. The molecule has 0 unspecified atom stereocenters. The van der Waals surface area contributed by atoms with Gasteiger partial charge in [-0.15, -0.1) is 0 Å². The topological polar surface area (TPSA) is 156 Å². The first-order valence-electron chi connectivity index (χ1n) is 8.67. The number of nitrogens with one attached hydrogen (secondary N) is 1. The van der Waals surface area contributed by atoms with E-state index in [1.165, 1.54) is 44.9 Å². The fourth-order valence-electron chi connectivity index (χ4n) is 2.00. The predicted molar refractivity (Wildman–Crippen MR) is 104 cm³/mol. The van der Waals surface area contributed by atoms with Crippen molar-refractivity contribution >= 4 is 20.2 Å². The third-order valence-electron chi connectivity index (χ3n) is 3.37. The molecule has 156 valence electrons. The van der Waals surface area contributed by atoms with Crippen molar-refractivity contribution in [3.05, 3.63) is 0 Å². The molecule has 0 fully saturated rings. The fourth-order valence-corrected chi connectivity index (χ4v) is 3.03. The Morgan fingerprint density at radius 3 is 1.32 bits per heavy atom. The molecule has 0 aromatic carbocycles. The summed E-state index contributed by atoms with van der Waals surface area (Å²) < 4.78 is 57.3. The number of rotatable bonds is 14. The minimum Gasteiger partial charge on any atom is -0.344 e. The minimum atomic E-state index is -3.75. The number of hydrogen-bond donors (Lipinski definition) is 4. The molecule has 0 aromatic heterocycles. The van der Waals surface area contributed by atoms with Crippen LogP contribution in [0.2, 0.25) is 0 Å². The van der Waals surface area contributed by atoms with Crippen molar-refractivity contribution in [2.45, 2.75) is 71.1 Å². The summed E-state index contributed by atoms with van der Waals surface area (Å²) in [5, 5.41) is 2.59. The van der Waals surface area contributed by atoms with Crippen molar-refractivity contribution < 1.29 is 25.9 Å². The highest BCUT2D eigenvalue weighted by Gasteiger charge is 2.02. The summed E-state index contributed by atoms with van der Waals surface area (Å²) in [6.45, 7) is 2.51. The van der Waals surface area contributed by atoms with Crippen molar-refractivity contribution in [1.82, 2.24) is 11.5 Å². The Morgan fingerprint density at radius 1 is 0.680 bits per heavy atom. The molecule has 0 aromatic rings. The first-order valence-corrected chi connectivity index (χ1v) is 11.9. The SMILES string of the molecule is CCCCCCCCCCCCS(=O)(=O)O.CNCCS(=O)(=O)O.N. The summed E-state index contributed by atoms with van der Waals surface area (Å²) in [4.78, 5) is 0. The molecule has 0 amide bonds. The largest absolute Gasteiger partial charge is 0.344 e. The number of unbranched alkanes of at least 4 members (excludes halogenated alkanes) is 9. The van der Waals surface area contributed by atoms with Gasteiger partial charge >= 0.3 is 0 Å². The van der Waals surface area contributed by atoms with Gasteiger partial charge in [0.2, 0.25) is 0 Å². The van der Waals surface area contributed by atoms with Crippen molar-refractivity contribution in [2.75, 3.05) is 25.1 Å². The number of hydrogen-bond acceptors (Lipinski definition) is 6. The van der Waals surface area contributed by atoms with Crippen LogP contribution in [-0.2, 0) is 20.2 Å². The van der Waals surface area contributed by atoms with E-state index in [1.54, 1.807) is 7.05 Å². The third kappa shape index (κ3) is 35.7. The van der Waals surface area contributed by atoms with E-state index in [2.05, 4.69) is 12.2 Å². The summed E-state index contributed by atoms with van der Waals surface area (Å²) in [6, 6.07) is 0. The van der Waals surface area contributed by atoms with Crippen LogP contribution in [0.25, 0.3) is 0 Å². The molecule has 0 saturated carbocycles. The van der Waals surface area contributed by atoms with Gasteiger partial charge in [-0.3, -0.25) is 9.11 Å². The lowest BCUT2D eigenvalue weighted by atomic mass is 10.1. The van der Waals surface area contributed by atoms with E-state index in [-0.39, 0.29) is 17.7 Å². The molecule has 8 nitrogen and oxygen atoms in total. The molecule has 0 atom stereocenters. The van der Waals surface area contributed by atoms with E-state index in [4.69, 9.17) is 9.11 Å². The second-order valence-electron chi connectivity index (χ2n) is 5.86. The van der Waals surface area contributed by atoms with Crippen molar-refractivity contribution in [3.8, 4) is 0 Å². The van der Waals surface area contributed by atoms with Crippen LogP contribution in [0.15, 0.2) is 0 Å². The molecule has 0 bridgehead atoms. The van der Waals surface area contributed by atoms with Crippen LogP contribution in [-0.4, -0.2) is 51.0 Å². The smallest absolute Gasteiger partial charge is 0.266 e. The highest BCUT2D eigenvalue weighted by atomic mass is 32.2. The van der Waals surface area contributed by atoms with Gasteiger partial charge < -0.3 is 11.5 Å². The van der Waals surface area contributed by atoms with Gasteiger partial charge in [0, 0.05) is 6.54 Å². The Kier molecular flexibility index (Phi) is 21.9. The normalized spacial score (nSPS) is 11.4. The lowest BCUT2D eigenvalue weighted by molar-refractivity contribution is 0.477. The summed E-state index contributed by atoms with van der Waals surface area (Å²) in [5.41, 5.74) is 0. The van der Waals surface area contributed by atoms with Gasteiger partial charge in [-0.05, 0) is 13.5 Å². The molecule has 0 saturated heterocycles. The Hall–Kier alpha value is -0.260. The first-order chi connectivity index (χ1) is 11.1. The fraction of sp³-hybridized carbons (Fsp3) is 1.00. The van der Waals surface area contributed by atoms with Crippen molar-refractivity contribution in [2.24, 2.45) is 0 Å². The first kappa shape index (κ1) is 29.5. The molecule has 10 heteroatoms. The molecule has 0 aliphatic heterocycles. The van der Waals surface area contributed by atoms with Gasteiger partial charge in [0.25, 0.3) is 20.2 Å². The van der Waals surface area contributed by atoms with Crippen LogP contribution in [0.5, 0.6) is 0 Å². The molecule has 25 heavy (non-hydrogen) atoms. The molecule has 0 radical (unpaired) electrons. The second kappa shape index (κ2) is 18.5. The van der Waals surface area contributed by atoms with Crippen molar-refractivity contribution in [1.29, 1.82) is 0 Å². The lowest BCUT2D eigenvalue weighted by Crippen LogP contribution is -2.18. The minimum absolute atomic E-state index is 0. The molecule has 0 heterocycles. The van der Waals surface area contributed by atoms with Crippen LogP contribution in [0, 0.1) is 0 Å². The summed E-state index contributed by atoms with van der Waals surface area (Å²) in [7, 11) is -5.86. The summed E-state index contributed by atoms with van der Waals surface area (Å²) in [5.74, 6) is -0.299.